The summed E-state index contributed by atoms with van der Waals surface area (Å²) in [6, 6.07) is 15.2. The van der Waals surface area contributed by atoms with Gasteiger partial charge in [0, 0.05) is 26.2 Å². The van der Waals surface area contributed by atoms with Crippen LogP contribution in [-0.2, 0) is 4.79 Å². The number of amides is 1. The van der Waals surface area contributed by atoms with Crippen LogP contribution in [0.1, 0.15) is 0 Å². The third-order valence-corrected chi connectivity index (χ3v) is 6.08. The van der Waals surface area contributed by atoms with E-state index in [0.717, 1.165) is 43.2 Å². The Bertz CT molecular complexity index is 1010. The van der Waals surface area contributed by atoms with Gasteiger partial charge in [0.15, 0.2) is 0 Å². The second-order valence-electron chi connectivity index (χ2n) is 6.97. The van der Waals surface area contributed by atoms with Crippen LogP contribution in [0.4, 0.5) is 11.4 Å². The standard InChI is InChI=1S/C20H22ClN7OS/c1-26-10-12-27(13-11-26)19-16(21)8-5-9-17(19)22-18(29)14-30-20-23-24-25-28(20)15-6-3-2-4-7-15/h2-9H,10-14H2,1H3,(H,22,29). The number of piperazine rings is 1. The lowest BCUT2D eigenvalue weighted by molar-refractivity contribution is -0.113. The number of carbonyl (C=O) groups excluding carboxylic acids is 1. The maximum absolute atomic E-state index is 12.7. The zero-order valence-electron chi connectivity index (χ0n) is 16.5. The van der Waals surface area contributed by atoms with Crippen LogP contribution in [0.25, 0.3) is 5.69 Å². The molecule has 156 valence electrons. The van der Waals surface area contributed by atoms with Crippen LogP contribution in [0, 0.1) is 0 Å². The summed E-state index contributed by atoms with van der Waals surface area (Å²) in [6.45, 7) is 3.64. The number of hydrogen-bond donors (Lipinski definition) is 1. The average molecular weight is 444 g/mol. The van der Waals surface area contributed by atoms with E-state index in [4.69, 9.17) is 11.6 Å². The van der Waals surface area contributed by atoms with Crippen molar-refractivity contribution in [2.24, 2.45) is 0 Å². The van der Waals surface area contributed by atoms with Gasteiger partial charge in [-0.25, -0.2) is 0 Å². The Morgan fingerprint density at radius 1 is 1.10 bits per heavy atom. The third-order valence-electron chi connectivity index (χ3n) is 4.85. The van der Waals surface area contributed by atoms with E-state index in [0.29, 0.717) is 10.2 Å². The molecule has 0 radical (unpaired) electrons. The Balaban J connectivity index is 1.43. The number of tetrazole rings is 1. The minimum absolute atomic E-state index is 0.139. The summed E-state index contributed by atoms with van der Waals surface area (Å²) in [5.74, 6) is 0.0438. The number of carbonyl (C=O) groups is 1. The van der Waals surface area contributed by atoms with E-state index < -0.39 is 0 Å². The van der Waals surface area contributed by atoms with Crippen LogP contribution in [-0.4, -0.2) is 70.0 Å². The summed E-state index contributed by atoms with van der Waals surface area (Å²) >= 11 is 7.77. The number of nitrogens with zero attached hydrogens (tertiary/aromatic N) is 6. The van der Waals surface area contributed by atoms with Crippen LogP contribution in [0.5, 0.6) is 0 Å². The van der Waals surface area contributed by atoms with Gasteiger partial charge in [-0.05, 0) is 41.7 Å². The molecule has 3 aromatic rings. The zero-order valence-corrected chi connectivity index (χ0v) is 18.1. The lowest BCUT2D eigenvalue weighted by Gasteiger charge is -2.35. The number of rotatable bonds is 6. The highest BCUT2D eigenvalue weighted by molar-refractivity contribution is 7.99. The summed E-state index contributed by atoms with van der Waals surface area (Å²) < 4.78 is 1.62. The van der Waals surface area contributed by atoms with Gasteiger partial charge in [0.05, 0.1) is 27.8 Å². The van der Waals surface area contributed by atoms with E-state index in [1.165, 1.54) is 11.8 Å². The van der Waals surface area contributed by atoms with E-state index in [1.54, 1.807) is 4.68 Å². The topological polar surface area (TPSA) is 79.2 Å². The van der Waals surface area contributed by atoms with Crippen LogP contribution in [0.3, 0.4) is 0 Å². The molecule has 1 aliphatic heterocycles. The molecule has 8 nitrogen and oxygen atoms in total. The third kappa shape index (κ3) is 4.75. The SMILES string of the molecule is CN1CCN(c2c(Cl)cccc2NC(=O)CSc2nnnn2-c2ccccc2)CC1. The molecule has 0 spiro atoms. The first-order valence-electron chi connectivity index (χ1n) is 9.60. The molecule has 1 aliphatic rings. The van der Waals surface area contributed by atoms with Crippen molar-refractivity contribution in [1.82, 2.24) is 25.1 Å². The Morgan fingerprint density at radius 3 is 2.63 bits per heavy atom. The van der Waals surface area contributed by atoms with E-state index in [2.05, 4.69) is 37.7 Å². The van der Waals surface area contributed by atoms with E-state index in [9.17, 15) is 4.79 Å². The fourth-order valence-corrected chi connectivity index (χ4v) is 4.27. The molecule has 4 rings (SSSR count). The quantitative estimate of drug-likeness (QED) is 0.587. The number of para-hydroxylation sites is 2. The highest BCUT2D eigenvalue weighted by Crippen LogP contribution is 2.34. The van der Waals surface area contributed by atoms with Gasteiger partial charge < -0.3 is 15.1 Å². The molecule has 0 bridgehead atoms. The highest BCUT2D eigenvalue weighted by atomic mass is 35.5. The molecule has 1 amide bonds. The van der Waals surface area contributed by atoms with Gasteiger partial charge in [0.1, 0.15) is 0 Å². The van der Waals surface area contributed by atoms with Crippen LogP contribution in [0.2, 0.25) is 5.02 Å². The molecule has 0 atom stereocenters. The van der Waals surface area contributed by atoms with Crippen molar-refractivity contribution in [3.8, 4) is 5.69 Å². The van der Waals surface area contributed by atoms with Crippen molar-refractivity contribution in [2.75, 3.05) is 49.2 Å². The molecule has 30 heavy (non-hydrogen) atoms. The molecule has 1 fully saturated rings. The second kappa shape index (κ2) is 9.46. The van der Waals surface area contributed by atoms with Gasteiger partial charge in [-0.3, -0.25) is 4.79 Å². The van der Waals surface area contributed by atoms with Gasteiger partial charge in [0.2, 0.25) is 11.1 Å². The van der Waals surface area contributed by atoms with Crippen LogP contribution >= 0.6 is 23.4 Å². The Labute approximate surface area is 184 Å². The predicted octanol–water partition coefficient (Wildman–Crippen LogP) is 2.80. The summed E-state index contributed by atoms with van der Waals surface area (Å²) in [5, 5.41) is 16.0. The molecule has 1 saturated heterocycles. The second-order valence-corrected chi connectivity index (χ2v) is 8.32. The Kier molecular flexibility index (Phi) is 6.51. The number of benzene rings is 2. The van der Waals surface area contributed by atoms with E-state index in [-0.39, 0.29) is 11.7 Å². The molecular weight excluding hydrogens is 422 g/mol. The molecule has 2 heterocycles. The maximum Gasteiger partial charge on any atom is 0.234 e. The van der Waals surface area contributed by atoms with Crippen molar-refractivity contribution in [1.29, 1.82) is 0 Å². The van der Waals surface area contributed by atoms with E-state index in [1.807, 2.05) is 48.5 Å². The van der Waals surface area contributed by atoms with Crippen molar-refractivity contribution >= 4 is 40.6 Å². The first-order valence-corrected chi connectivity index (χ1v) is 11.0. The molecule has 0 unspecified atom stereocenters. The lowest BCUT2D eigenvalue weighted by atomic mass is 10.2. The van der Waals surface area contributed by atoms with Gasteiger partial charge >= 0.3 is 0 Å². The smallest absolute Gasteiger partial charge is 0.234 e. The summed E-state index contributed by atoms with van der Waals surface area (Å²) in [4.78, 5) is 17.2. The summed E-state index contributed by atoms with van der Waals surface area (Å²) in [5.41, 5.74) is 2.44. The van der Waals surface area contributed by atoms with Gasteiger partial charge in [0.25, 0.3) is 0 Å². The van der Waals surface area contributed by atoms with Gasteiger partial charge in [-0.1, -0.05) is 47.6 Å². The largest absolute Gasteiger partial charge is 0.366 e. The average Bonchev–Trinajstić information content (AvgIpc) is 3.23. The molecule has 10 heteroatoms. The number of nitrogens with one attached hydrogen (secondary N) is 1. The number of thioether (sulfide) groups is 1. The normalized spacial score (nSPS) is 14.7. The molecule has 1 aromatic heterocycles. The van der Waals surface area contributed by atoms with Crippen LogP contribution < -0.4 is 10.2 Å². The predicted molar refractivity (Wildman–Crippen MR) is 120 cm³/mol. The number of likely N-dealkylation sites (N-methyl/N-ethyl adjacent to an activating group) is 1. The minimum atomic E-state index is -0.139. The van der Waals surface area contributed by atoms with Crippen molar-refractivity contribution in [3.63, 3.8) is 0 Å². The van der Waals surface area contributed by atoms with Crippen molar-refractivity contribution in [2.45, 2.75) is 5.16 Å². The maximum atomic E-state index is 12.7. The number of aromatic nitrogens is 4. The number of anilines is 2. The van der Waals surface area contributed by atoms with E-state index >= 15 is 0 Å². The van der Waals surface area contributed by atoms with Gasteiger partial charge in [-0.2, -0.15) is 4.68 Å². The summed E-state index contributed by atoms with van der Waals surface area (Å²) in [7, 11) is 2.10. The molecular formula is C20H22ClN7OS. The highest BCUT2D eigenvalue weighted by Gasteiger charge is 2.21. The first-order chi connectivity index (χ1) is 14.6. The molecule has 1 N–H and O–H groups in total. The molecule has 0 saturated carbocycles. The number of halogens is 1. The fraction of sp³-hybridized carbons (Fsp3) is 0.300. The van der Waals surface area contributed by atoms with Crippen molar-refractivity contribution in [3.05, 3.63) is 53.6 Å². The monoisotopic (exact) mass is 443 g/mol. The Hall–Kier alpha value is -2.62. The minimum Gasteiger partial charge on any atom is -0.366 e. The van der Waals surface area contributed by atoms with Gasteiger partial charge in [-0.15, -0.1) is 5.10 Å². The summed E-state index contributed by atoms with van der Waals surface area (Å²) in [6.07, 6.45) is 0. The zero-order chi connectivity index (χ0) is 20.9. The lowest BCUT2D eigenvalue weighted by Crippen LogP contribution is -2.44. The van der Waals surface area contributed by atoms with Crippen LogP contribution in [0.15, 0.2) is 53.7 Å². The Morgan fingerprint density at radius 2 is 1.87 bits per heavy atom. The first kappa shape index (κ1) is 20.6. The van der Waals surface area contributed by atoms with Crippen molar-refractivity contribution < 1.29 is 4.79 Å². The molecule has 0 aliphatic carbocycles. The molecule has 2 aromatic carbocycles. The fourth-order valence-electron chi connectivity index (χ4n) is 3.28. The number of hydrogen-bond acceptors (Lipinski definition) is 7.